The van der Waals surface area contributed by atoms with Crippen molar-refractivity contribution in [1.29, 1.82) is 0 Å². The van der Waals surface area contributed by atoms with E-state index in [1.165, 1.54) is 205 Å². The number of hydrogen-bond acceptors (Lipinski definition) is 13. The van der Waals surface area contributed by atoms with E-state index >= 15 is 0 Å². The summed E-state index contributed by atoms with van der Waals surface area (Å²) in [6.07, 6.45) is 35.6. The van der Waals surface area contributed by atoms with E-state index < -0.39 is 86.8 Å². The molecule has 0 radical (unpaired) electrons. The van der Waals surface area contributed by atoms with Crippen molar-refractivity contribution in [2.45, 2.75) is 357 Å². The van der Waals surface area contributed by atoms with Crippen LogP contribution < -0.4 is 5.32 Å². The Morgan fingerprint density at radius 1 is 0.432 bits per heavy atom. The summed E-state index contributed by atoms with van der Waals surface area (Å²) in [5.74, 6) is -0.201. The van der Waals surface area contributed by atoms with E-state index in [0.29, 0.717) is 12.8 Å². The molecule has 0 saturated carbocycles. The lowest BCUT2D eigenvalue weighted by atomic mass is 9.97. The zero-order chi connectivity index (χ0) is 53.9. The molecule has 0 aromatic carbocycles. The maximum absolute atomic E-state index is 13.3. The summed E-state index contributed by atoms with van der Waals surface area (Å²) in [7, 11) is 0. The molecular formula is C60H117NO13. The number of carbonyl (C=O) groups is 1. The highest BCUT2D eigenvalue weighted by molar-refractivity contribution is 5.76. The van der Waals surface area contributed by atoms with Crippen LogP contribution in [0.3, 0.4) is 0 Å². The van der Waals surface area contributed by atoms with Crippen molar-refractivity contribution >= 4 is 5.91 Å². The Bertz CT molecular complexity index is 1250. The van der Waals surface area contributed by atoms with Gasteiger partial charge in [0.2, 0.25) is 5.91 Å². The largest absolute Gasteiger partial charge is 0.394 e. The SMILES string of the molecule is CCCCCCCCCCCCCCCCCCCCCCCCCCCCCCCC(=O)N[C@@H](CO[C@@H]1O[C@H](CO)[C@@H](O[C@@H]2O[C@H](CO)[C@H](O)C(O)C2O)C(O)C1O)[C@H](O)CCCCCCCCCCCCC. The molecule has 0 aliphatic carbocycles. The minimum absolute atomic E-state index is 0.201. The molecule has 0 aromatic rings. The standard InChI is InChI=1S/C60H117NO13/c1-3-5-7-9-11-13-15-16-17-18-19-20-21-22-23-24-25-26-27-28-29-30-31-32-34-36-38-40-42-44-52(65)61-48(49(64)43-41-39-37-35-33-14-12-10-8-6-4-2)47-71-59-57(70)55(68)58(51(46-63)73-59)74-60-56(69)54(67)53(66)50(45-62)72-60/h48-51,53-60,62-64,66-70H,3-47H2,1-2H3,(H,61,65)/t48-,49+,50+,51+,53-,54?,55?,56?,57?,58+,59+,60-/m0/s1. The molecule has 2 aliphatic rings. The van der Waals surface area contributed by atoms with Crippen LogP contribution in [0.1, 0.15) is 284 Å². The molecule has 2 aliphatic heterocycles. The Morgan fingerprint density at radius 2 is 0.770 bits per heavy atom. The summed E-state index contributed by atoms with van der Waals surface area (Å²) >= 11 is 0. The zero-order valence-corrected chi connectivity index (χ0v) is 47.4. The first-order valence-corrected chi connectivity index (χ1v) is 31.3. The van der Waals surface area contributed by atoms with Gasteiger partial charge in [-0.25, -0.2) is 0 Å². The van der Waals surface area contributed by atoms with Crippen molar-refractivity contribution in [2.75, 3.05) is 19.8 Å². The van der Waals surface area contributed by atoms with Crippen molar-refractivity contribution in [2.24, 2.45) is 0 Å². The van der Waals surface area contributed by atoms with Gasteiger partial charge in [-0.15, -0.1) is 0 Å². The molecule has 9 N–H and O–H groups in total. The van der Waals surface area contributed by atoms with Crippen LogP contribution >= 0.6 is 0 Å². The molecular weight excluding hydrogens is 943 g/mol. The number of unbranched alkanes of at least 4 members (excludes halogenated alkanes) is 38. The second-order valence-corrected chi connectivity index (χ2v) is 22.6. The first kappa shape index (κ1) is 69.1. The van der Waals surface area contributed by atoms with Crippen molar-refractivity contribution in [1.82, 2.24) is 5.32 Å². The maximum atomic E-state index is 13.3. The van der Waals surface area contributed by atoms with E-state index in [1.54, 1.807) is 0 Å². The number of nitrogens with one attached hydrogen (secondary N) is 1. The van der Waals surface area contributed by atoms with Crippen LogP contribution in [0.5, 0.6) is 0 Å². The Kier molecular flexibility index (Phi) is 43.8. The molecule has 2 saturated heterocycles. The Labute approximate surface area is 451 Å². The number of aliphatic hydroxyl groups excluding tert-OH is 8. The minimum Gasteiger partial charge on any atom is -0.394 e. The quantitative estimate of drug-likeness (QED) is 0.0259. The van der Waals surface area contributed by atoms with Crippen molar-refractivity contribution in [3.8, 4) is 0 Å². The Morgan fingerprint density at radius 3 is 1.15 bits per heavy atom. The first-order valence-electron chi connectivity index (χ1n) is 31.3. The van der Waals surface area contributed by atoms with Crippen LogP contribution in [0.4, 0.5) is 0 Å². The van der Waals surface area contributed by atoms with Gasteiger partial charge in [0.1, 0.15) is 48.8 Å². The molecule has 12 atom stereocenters. The lowest BCUT2D eigenvalue weighted by Gasteiger charge is -2.46. The fraction of sp³-hybridized carbons (Fsp3) is 0.983. The van der Waals surface area contributed by atoms with Crippen LogP contribution in [0.25, 0.3) is 0 Å². The van der Waals surface area contributed by atoms with Gasteiger partial charge in [0.25, 0.3) is 0 Å². The second-order valence-electron chi connectivity index (χ2n) is 22.6. The monoisotopic (exact) mass is 1060 g/mol. The fourth-order valence-corrected chi connectivity index (χ4v) is 10.8. The number of hydrogen-bond donors (Lipinski definition) is 9. The highest BCUT2D eigenvalue weighted by atomic mass is 16.7. The predicted octanol–water partition coefficient (Wildman–Crippen LogP) is 10.9. The molecule has 2 heterocycles. The van der Waals surface area contributed by atoms with Gasteiger partial charge in [-0.1, -0.05) is 264 Å². The third-order valence-corrected chi connectivity index (χ3v) is 15.8. The molecule has 14 heteroatoms. The number of aliphatic hydroxyl groups is 8. The number of carbonyl (C=O) groups excluding carboxylic acids is 1. The second kappa shape index (κ2) is 46.9. The summed E-state index contributed by atoms with van der Waals surface area (Å²) in [5.41, 5.74) is 0. The molecule has 0 aromatic heterocycles. The summed E-state index contributed by atoms with van der Waals surface area (Å²) in [5, 5.41) is 87.1. The normalized spacial score (nSPS) is 25.1. The minimum atomic E-state index is -1.78. The summed E-state index contributed by atoms with van der Waals surface area (Å²) < 4.78 is 22.8. The number of amides is 1. The number of rotatable bonds is 51. The predicted molar refractivity (Wildman–Crippen MR) is 296 cm³/mol. The third kappa shape index (κ3) is 32.2. The van der Waals surface area contributed by atoms with Gasteiger partial charge in [-0.05, 0) is 12.8 Å². The molecule has 440 valence electrons. The third-order valence-electron chi connectivity index (χ3n) is 15.8. The zero-order valence-electron chi connectivity index (χ0n) is 47.4. The lowest BCUT2D eigenvalue weighted by Crippen LogP contribution is -2.65. The summed E-state index contributed by atoms with van der Waals surface area (Å²) in [4.78, 5) is 13.3. The van der Waals surface area contributed by atoms with Crippen LogP contribution in [0, 0.1) is 0 Å². The summed E-state index contributed by atoms with van der Waals surface area (Å²) in [6.45, 7) is 2.88. The van der Waals surface area contributed by atoms with Crippen LogP contribution in [-0.2, 0) is 23.7 Å². The highest BCUT2D eigenvalue weighted by Crippen LogP contribution is 2.30. The molecule has 2 rings (SSSR count). The molecule has 1 amide bonds. The van der Waals surface area contributed by atoms with Gasteiger partial charge in [-0.2, -0.15) is 0 Å². The van der Waals surface area contributed by atoms with Gasteiger partial charge >= 0.3 is 0 Å². The van der Waals surface area contributed by atoms with Crippen LogP contribution in [-0.4, -0.2) is 140 Å². The van der Waals surface area contributed by atoms with Crippen molar-refractivity contribution < 1.29 is 64.6 Å². The Hall–Kier alpha value is -1.01. The van der Waals surface area contributed by atoms with Gasteiger partial charge in [0.15, 0.2) is 12.6 Å². The smallest absolute Gasteiger partial charge is 0.220 e. The lowest BCUT2D eigenvalue weighted by molar-refractivity contribution is -0.359. The summed E-state index contributed by atoms with van der Waals surface area (Å²) in [6, 6.07) is -0.821. The molecule has 0 spiro atoms. The van der Waals surface area contributed by atoms with Crippen LogP contribution in [0.2, 0.25) is 0 Å². The van der Waals surface area contributed by atoms with Gasteiger partial charge in [-0.3, -0.25) is 4.79 Å². The van der Waals surface area contributed by atoms with E-state index in [9.17, 15) is 45.6 Å². The number of ether oxygens (including phenoxy) is 4. The topological polar surface area (TPSA) is 228 Å². The van der Waals surface area contributed by atoms with Gasteiger partial charge < -0.3 is 65.1 Å². The van der Waals surface area contributed by atoms with E-state index in [1.807, 2.05) is 0 Å². The van der Waals surface area contributed by atoms with Crippen molar-refractivity contribution in [3.05, 3.63) is 0 Å². The average molecular weight is 1060 g/mol. The molecule has 4 unspecified atom stereocenters. The molecule has 2 fully saturated rings. The van der Waals surface area contributed by atoms with E-state index in [4.69, 9.17) is 18.9 Å². The first-order chi connectivity index (χ1) is 36.1. The average Bonchev–Trinajstić information content (AvgIpc) is 3.40. The fourth-order valence-electron chi connectivity index (χ4n) is 10.8. The molecule has 74 heavy (non-hydrogen) atoms. The molecule has 0 bridgehead atoms. The van der Waals surface area contributed by atoms with Crippen LogP contribution in [0.15, 0.2) is 0 Å². The van der Waals surface area contributed by atoms with E-state index in [0.717, 1.165) is 51.4 Å². The van der Waals surface area contributed by atoms with Gasteiger partial charge in [0.05, 0.1) is 32.0 Å². The van der Waals surface area contributed by atoms with E-state index in [2.05, 4.69) is 19.2 Å². The highest BCUT2D eigenvalue weighted by Gasteiger charge is 2.51. The van der Waals surface area contributed by atoms with E-state index in [-0.39, 0.29) is 12.5 Å². The Balaban J connectivity index is 1.63. The molecule has 14 nitrogen and oxygen atoms in total. The maximum Gasteiger partial charge on any atom is 0.220 e. The van der Waals surface area contributed by atoms with Crippen molar-refractivity contribution in [3.63, 3.8) is 0 Å². The van der Waals surface area contributed by atoms with Gasteiger partial charge in [0, 0.05) is 6.42 Å².